The van der Waals surface area contributed by atoms with Gasteiger partial charge in [-0.1, -0.05) is 18.2 Å². The van der Waals surface area contributed by atoms with Crippen molar-refractivity contribution < 1.29 is 9.18 Å². The van der Waals surface area contributed by atoms with Gasteiger partial charge in [-0.25, -0.2) is 14.2 Å². The van der Waals surface area contributed by atoms with Crippen molar-refractivity contribution in [3.05, 3.63) is 100 Å². The Kier molecular flexibility index (Phi) is 5.99. The summed E-state index contributed by atoms with van der Waals surface area (Å²) in [5.41, 5.74) is 3.22. The number of hydrogen-bond donors (Lipinski definition) is 2. The van der Waals surface area contributed by atoms with Crippen molar-refractivity contribution in [2.75, 3.05) is 10.6 Å². The Labute approximate surface area is 182 Å². The fourth-order valence-electron chi connectivity index (χ4n) is 3.00. The number of anilines is 2. The number of nitrogens with zero attached hydrogens (tertiary/aromatic N) is 2. The number of aromatic nitrogens is 2. The zero-order valence-corrected chi connectivity index (χ0v) is 17.4. The van der Waals surface area contributed by atoms with Crippen LogP contribution in [0.1, 0.15) is 11.3 Å². The molecule has 2 N–H and O–H groups in total. The Balaban J connectivity index is 1.47. The zero-order valence-electron chi connectivity index (χ0n) is 16.6. The third-order valence-electron chi connectivity index (χ3n) is 4.47. The number of aryl methyl sites for hydroxylation is 1. The summed E-state index contributed by atoms with van der Waals surface area (Å²) in [5, 5.41) is 5.47. The van der Waals surface area contributed by atoms with Crippen LogP contribution in [0.3, 0.4) is 0 Å². The van der Waals surface area contributed by atoms with Gasteiger partial charge in [0.2, 0.25) is 0 Å². The Bertz CT molecular complexity index is 1310. The van der Waals surface area contributed by atoms with E-state index in [2.05, 4.69) is 15.6 Å². The maximum absolute atomic E-state index is 13.0. The number of nitrogens with one attached hydrogen (secondary N) is 2. The highest BCUT2D eigenvalue weighted by Gasteiger charge is 2.09. The van der Waals surface area contributed by atoms with Crippen LogP contribution in [0.2, 0.25) is 0 Å². The highest BCUT2D eigenvalue weighted by molar-refractivity contribution is 7.98. The fourth-order valence-corrected chi connectivity index (χ4v) is 3.90. The lowest BCUT2D eigenvalue weighted by Crippen LogP contribution is -2.19. The summed E-state index contributed by atoms with van der Waals surface area (Å²) in [4.78, 5) is 30.1. The molecule has 0 bridgehead atoms. The third kappa shape index (κ3) is 5.10. The first-order valence-corrected chi connectivity index (χ1v) is 10.5. The fraction of sp³-hybridized carbons (Fsp3) is 0.0870. The lowest BCUT2D eigenvalue weighted by atomic mass is 10.3. The van der Waals surface area contributed by atoms with Gasteiger partial charge in [0, 0.05) is 28.6 Å². The van der Waals surface area contributed by atoms with Crippen LogP contribution in [-0.4, -0.2) is 15.4 Å². The second-order valence-corrected chi connectivity index (χ2v) is 7.91. The van der Waals surface area contributed by atoms with Gasteiger partial charge in [-0.15, -0.1) is 11.8 Å². The van der Waals surface area contributed by atoms with Crippen molar-refractivity contribution in [3.8, 4) is 0 Å². The molecule has 4 aromatic rings. The molecule has 0 atom stereocenters. The molecule has 2 heterocycles. The molecule has 156 valence electrons. The van der Waals surface area contributed by atoms with E-state index in [0.29, 0.717) is 28.5 Å². The molecule has 2 amide bonds. The standard InChI is InChI=1S/C23H19FN4O2S/c1-15-6-11-21-25-18(12-22(29)28(21)13-15)14-31-20-5-3-2-4-19(20)27-23(30)26-17-9-7-16(24)8-10-17/h2-13H,14H2,1H3,(H2,26,27,30). The molecule has 31 heavy (non-hydrogen) atoms. The van der Waals surface area contributed by atoms with Gasteiger partial charge in [-0.3, -0.25) is 9.20 Å². The highest BCUT2D eigenvalue weighted by Crippen LogP contribution is 2.29. The molecular weight excluding hydrogens is 415 g/mol. The molecule has 0 saturated carbocycles. The highest BCUT2D eigenvalue weighted by atomic mass is 32.2. The molecule has 0 aliphatic carbocycles. The summed E-state index contributed by atoms with van der Waals surface area (Å²) < 4.78 is 14.5. The van der Waals surface area contributed by atoms with Crippen molar-refractivity contribution in [1.29, 1.82) is 0 Å². The van der Waals surface area contributed by atoms with Gasteiger partial charge >= 0.3 is 6.03 Å². The summed E-state index contributed by atoms with van der Waals surface area (Å²) in [6.07, 6.45) is 1.76. The Morgan fingerprint density at radius 1 is 1.06 bits per heavy atom. The largest absolute Gasteiger partial charge is 0.323 e. The van der Waals surface area contributed by atoms with Crippen molar-refractivity contribution in [1.82, 2.24) is 9.38 Å². The van der Waals surface area contributed by atoms with E-state index in [1.165, 1.54) is 46.5 Å². The molecule has 0 radical (unpaired) electrons. The third-order valence-corrected chi connectivity index (χ3v) is 5.58. The molecule has 0 aliphatic heterocycles. The smallest absolute Gasteiger partial charge is 0.308 e. The number of benzene rings is 2. The summed E-state index contributed by atoms with van der Waals surface area (Å²) in [5.74, 6) is 0.0996. The number of para-hydroxylation sites is 1. The van der Waals surface area contributed by atoms with Crippen LogP contribution in [0, 0.1) is 12.7 Å². The molecule has 4 rings (SSSR count). The quantitative estimate of drug-likeness (QED) is 0.430. The first-order valence-electron chi connectivity index (χ1n) is 9.52. The van der Waals surface area contributed by atoms with E-state index in [-0.39, 0.29) is 11.4 Å². The van der Waals surface area contributed by atoms with E-state index in [9.17, 15) is 14.0 Å². The normalized spacial score (nSPS) is 10.8. The van der Waals surface area contributed by atoms with E-state index in [0.717, 1.165) is 10.5 Å². The summed E-state index contributed by atoms with van der Waals surface area (Å²) in [6, 6.07) is 17.7. The number of fused-ring (bicyclic) bond motifs is 1. The van der Waals surface area contributed by atoms with E-state index in [4.69, 9.17) is 0 Å². The van der Waals surface area contributed by atoms with Gasteiger partial charge in [-0.05, 0) is 55.0 Å². The maximum atomic E-state index is 13.0. The van der Waals surface area contributed by atoms with E-state index >= 15 is 0 Å². The van der Waals surface area contributed by atoms with Gasteiger partial charge in [0.25, 0.3) is 5.56 Å². The molecule has 6 nitrogen and oxygen atoms in total. The molecular formula is C23H19FN4O2S. The van der Waals surface area contributed by atoms with Gasteiger partial charge in [0.15, 0.2) is 0 Å². The zero-order chi connectivity index (χ0) is 21.8. The summed E-state index contributed by atoms with van der Waals surface area (Å²) in [6.45, 7) is 1.92. The summed E-state index contributed by atoms with van der Waals surface area (Å²) in [7, 11) is 0. The van der Waals surface area contributed by atoms with Gasteiger partial charge in [0.1, 0.15) is 11.5 Å². The van der Waals surface area contributed by atoms with Crippen LogP contribution in [0.4, 0.5) is 20.6 Å². The number of thioether (sulfide) groups is 1. The predicted octanol–water partition coefficient (Wildman–Crippen LogP) is 5.08. The average Bonchev–Trinajstić information content (AvgIpc) is 2.75. The van der Waals surface area contributed by atoms with Gasteiger partial charge in [0.05, 0.1) is 11.4 Å². The van der Waals surface area contributed by atoms with Gasteiger partial charge in [-0.2, -0.15) is 0 Å². The Hall–Kier alpha value is -3.65. The molecule has 2 aromatic carbocycles. The molecule has 0 aliphatic rings. The van der Waals surface area contributed by atoms with Crippen LogP contribution >= 0.6 is 11.8 Å². The van der Waals surface area contributed by atoms with Crippen LogP contribution in [0.5, 0.6) is 0 Å². The van der Waals surface area contributed by atoms with Crippen LogP contribution < -0.4 is 16.2 Å². The second kappa shape index (κ2) is 9.01. The SMILES string of the molecule is Cc1ccc2nc(CSc3ccccc3NC(=O)Nc3ccc(F)cc3)cc(=O)n2c1. The molecule has 0 spiro atoms. The minimum Gasteiger partial charge on any atom is -0.308 e. The Morgan fingerprint density at radius 2 is 1.84 bits per heavy atom. The molecule has 2 aromatic heterocycles. The van der Waals surface area contributed by atoms with Crippen molar-refractivity contribution in [2.24, 2.45) is 0 Å². The minimum absolute atomic E-state index is 0.130. The lowest BCUT2D eigenvalue weighted by Gasteiger charge is -2.12. The average molecular weight is 434 g/mol. The minimum atomic E-state index is -0.433. The van der Waals surface area contributed by atoms with Crippen molar-refractivity contribution in [3.63, 3.8) is 0 Å². The number of halogens is 1. The van der Waals surface area contributed by atoms with Crippen LogP contribution in [-0.2, 0) is 5.75 Å². The maximum Gasteiger partial charge on any atom is 0.323 e. The molecule has 0 saturated heterocycles. The summed E-state index contributed by atoms with van der Waals surface area (Å²) >= 11 is 1.47. The lowest BCUT2D eigenvalue weighted by molar-refractivity contribution is 0.262. The predicted molar refractivity (Wildman–Crippen MR) is 121 cm³/mol. The molecule has 8 heteroatoms. The first kappa shape index (κ1) is 20.6. The Morgan fingerprint density at radius 3 is 2.65 bits per heavy atom. The van der Waals surface area contributed by atoms with E-state index < -0.39 is 6.03 Å². The molecule has 0 fully saturated rings. The van der Waals surface area contributed by atoms with Gasteiger partial charge < -0.3 is 10.6 Å². The number of hydrogen-bond acceptors (Lipinski definition) is 4. The van der Waals surface area contributed by atoms with Crippen LogP contribution in [0.25, 0.3) is 5.65 Å². The number of carbonyl (C=O) groups is 1. The van der Waals surface area contributed by atoms with Crippen molar-refractivity contribution in [2.45, 2.75) is 17.6 Å². The number of urea groups is 1. The topological polar surface area (TPSA) is 75.5 Å². The monoisotopic (exact) mass is 434 g/mol. The van der Waals surface area contributed by atoms with Crippen molar-refractivity contribution >= 4 is 34.8 Å². The number of rotatable bonds is 5. The van der Waals surface area contributed by atoms with E-state index in [1.807, 2.05) is 37.3 Å². The van der Waals surface area contributed by atoms with E-state index in [1.54, 1.807) is 12.3 Å². The number of amides is 2. The number of carbonyl (C=O) groups excluding carboxylic acids is 1. The number of pyridine rings is 1. The molecule has 0 unspecified atom stereocenters. The van der Waals surface area contributed by atoms with Crippen LogP contribution in [0.15, 0.2) is 82.6 Å². The first-order chi connectivity index (χ1) is 15.0. The second-order valence-electron chi connectivity index (χ2n) is 6.89.